The number of rotatable bonds is 5. The molecule has 3 N–H and O–H groups in total. The third kappa shape index (κ3) is 3.19. The van der Waals surface area contributed by atoms with E-state index < -0.39 is 17.6 Å². The van der Waals surface area contributed by atoms with Crippen molar-refractivity contribution in [2.45, 2.75) is 25.5 Å². The number of nitrogens with two attached hydrogens (primary N) is 1. The van der Waals surface area contributed by atoms with Crippen LogP contribution in [0.2, 0.25) is 5.02 Å². The lowest BCUT2D eigenvalue weighted by atomic mass is 9.77. The fourth-order valence-corrected chi connectivity index (χ4v) is 2.49. The number of halogens is 1. The Balaban J connectivity index is 2.29. The highest BCUT2D eigenvalue weighted by Gasteiger charge is 2.40. The molecule has 0 radical (unpaired) electrons. The number of aromatic nitrogens is 1. The van der Waals surface area contributed by atoms with Crippen molar-refractivity contribution in [2.75, 3.05) is 0 Å². The van der Waals surface area contributed by atoms with Crippen LogP contribution in [-0.2, 0) is 0 Å². The molecule has 2 aromatic rings. The van der Waals surface area contributed by atoms with E-state index in [1.165, 1.54) is 6.20 Å². The molecule has 0 aliphatic heterocycles. The molecule has 0 fully saturated rings. The number of hydrogen-bond acceptors (Lipinski definition) is 4. The van der Waals surface area contributed by atoms with Crippen molar-refractivity contribution in [3.05, 3.63) is 64.9 Å². The van der Waals surface area contributed by atoms with Crippen molar-refractivity contribution >= 4 is 17.4 Å². The largest absolute Gasteiger partial charge is 0.388 e. The molecule has 0 saturated carbocycles. The summed E-state index contributed by atoms with van der Waals surface area (Å²) in [7, 11) is 0. The standard InChI is InChI=1S/C17H19ClN2O2/c1-11(15(21)12-7-4-3-5-8-12)17(2,19)16(22)14-13(18)9-6-10-20-14/h3-11,15,21H,19H2,1-2H3. The fourth-order valence-electron chi connectivity index (χ4n) is 2.28. The van der Waals surface area contributed by atoms with E-state index in [1.807, 2.05) is 18.2 Å². The molecule has 1 heterocycles. The van der Waals surface area contributed by atoms with Gasteiger partial charge < -0.3 is 10.8 Å². The molecular formula is C17H19ClN2O2. The average molecular weight is 319 g/mol. The average Bonchev–Trinajstić information content (AvgIpc) is 2.54. The molecule has 4 nitrogen and oxygen atoms in total. The van der Waals surface area contributed by atoms with E-state index in [0.29, 0.717) is 5.56 Å². The van der Waals surface area contributed by atoms with Gasteiger partial charge in [0.05, 0.1) is 16.7 Å². The Morgan fingerprint density at radius 2 is 1.91 bits per heavy atom. The van der Waals surface area contributed by atoms with Crippen LogP contribution in [0.5, 0.6) is 0 Å². The van der Waals surface area contributed by atoms with Crippen LogP contribution in [0.15, 0.2) is 48.7 Å². The Bertz CT molecular complexity index is 659. The first-order valence-electron chi connectivity index (χ1n) is 7.03. The van der Waals surface area contributed by atoms with Gasteiger partial charge >= 0.3 is 0 Å². The van der Waals surface area contributed by atoms with Crippen LogP contribution in [0.4, 0.5) is 0 Å². The molecule has 116 valence electrons. The number of aliphatic hydroxyl groups is 1. The maximum Gasteiger partial charge on any atom is 0.202 e. The summed E-state index contributed by atoms with van der Waals surface area (Å²) in [6.07, 6.45) is 0.635. The van der Waals surface area contributed by atoms with Crippen molar-refractivity contribution in [2.24, 2.45) is 11.7 Å². The summed E-state index contributed by atoms with van der Waals surface area (Å²) in [5.41, 5.74) is 5.78. The van der Waals surface area contributed by atoms with Crippen LogP contribution in [0.1, 0.15) is 36.0 Å². The lowest BCUT2D eigenvalue weighted by Crippen LogP contribution is -2.52. The number of hydrogen-bond donors (Lipinski definition) is 2. The molecule has 3 unspecified atom stereocenters. The van der Waals surface area contributed by atoms with Crippen LogP contribution in [0.3, 0.4) is 0 Å². The summed E-state index contributed by atoms with van der Waals surface area (Å²) < 4.78 is 0. The van der Waals surface area contributed by atoms with Gasteiger partial charge in [-0.2, -0.15) is 0 Å². The van der Waals surface area contributed by atoms with Gasteiger partial charge in [0.25, 0.3) is 0 Å². The topological polar surface area (TPSA) is 76.2 Å². The number of carbonyl (C=O) groups excluding carboxylic acids is 1. The SMILES string of the molecule is CC(C(O)c1ccccc1)C(C)(N)C(=O)c1ncccc1Cl. The maximum absolute atomic E-state index is 12.7. The van der Waals surface area contributed by atoms with Gasteiger partial charge in [0.1, 0.15) is 5.69 Å². The van der Waals surface area contributed by atoms with Crippen LogP contribution in [0.25, 0.3) is 0 Å². The zero-order chi connectivity index (χ0) is 16.3. The van der Waals surface area contributed by atoms with Crippen molar-refractivity contribution in [3.8, 4) is 0 Å². The molecule has 5 heteroatoms. The zero-order valence-electron chi connectivity index (χ0n) is 12.5. The van der Waals surface area contributed by atoms with Crippen LogP contribution < -0.4 is 5.73 Å². The first-order valence-corrected chi connectivity index (χ1v) is 7.40. The summed E-state index contributed by atoms with van der Waals surface area (Å²) in [4.78, 5) is 16.7. The molecule has 3 atom stereocenters. The van der Waals surface area contributed by atoms with E-state index in [4.69, 9.17) is 17.3 Å². The predicted molar refractivity (Wildman–Crippen MR) is 86.7 cm³/mol. The first-order chi connectivity index (χ1) is 10.4. The molecule has 0 spiro atoms. The minimum atomic E-state index is -1.30. The summed E-state index contributed by atoms with van der Waals surface area (Å²) in [6, 6.07) is 12.4. The van der Waals surface area contributed by atoms with Crippen molar-refractivity contribution in [1.82, 2.24) is 4.98 Å². The Morgan fingerprint density at radius 3 is 2.50 bits per heavy atom. The monoisotopic (exact) mass is 318 g/mol. The number of carbonyl (C=O) groups is 1. The smallest absolute Gasteiger partial charge is 0.202 e. The van der Waals surface area contributed by atoms with E-state index in [9.17, 15) is 9.90 Å². The van der Waals surface area contributed by atoms with Crippen LogP contribution in [0, 0.1) is 5.92 Å². The number of benzene rings is 1. The molecule has 0 amide bonds. The second-order valence-corrected chi connectivity index (χ2v) is 6.00. The number of ketones is 1. The van der Waals surface area contributed by atoms with E-state index >= 15 is 0 Å². The van der Waals surface area contributed by atoms with E-state index in [2.05, 4.69) is 4.98 Å². The minimum Gasteiger partial charge on any atom is -0.388 e. The van der Waals surface area contributed by atoms with Crippen molar-refractivity contribution in [1.29, 1.82) is 0 Å². The van der Waals surface area contributed by atoms with E-state index in [-0.39, 0.29) is 16.5 Å². The van der Waals surface area contributed by atoms with Gasteiger partial charge in [0, 0.05) is 12.1 Å². The Labute approximate surface area is 134 Å². The van der Waals surface area contributed by atoms with Gasteiger partial charge in [-0.15, -0.1) is 0 Å². The van der Waals surface area contributed by atoms with Crippen molar-refractivity contribution < 1.29 is 9.90 Å². The molecular weight excluding hydrogens is 300 g/mol. The van der Waals surface area contributed by atoms with Gasteiger partial charge in [0.15, 0.2) is 0 Å². The summed E-state index contributed by atoms with van der Waals surface area (Å²) in [6.45, 7) is 3.34. The highest BCUT2D eigenvalue weighted by Crippen LogP contribution is 2.32. The maximum atomic E-state index is 12.7. The Hall–Kier alpha value is -1.75. The number of pyridine rings is 1. The fraction of sp³-hybridized carbons (Fsp3) is 0.294. The van der Waals surface area contributed by atoms with Crippen LogP contribution in [-0.4, -0.2) is 21.4 Å². The van der Waals surface area contributed by atoms with Gasteiger partial charge in [0.2, 0.25) is 5.78 Å². The molecule has 2 rings (SSSR count). The predicted octanol–water partition coefficient (Wildman–Crippen LogP) is 3.00. The summed E-state index contributed by atoms with van der Waals surface area (Å²) in [5, 5.41) is 10.8. The number of Topliss-reactive ketones (excluding diaryl/α,β-unsaturated/α-hetero) is 1. The van der Waals surface area contributed by atoms with E-state index in [1.54, 1.807) is 38.1 Å². The highest BCUT2D eigenvalue weighted by molar-refractivity contribution is 6.34. The normalized spacial score (nSPS) is 16.6. The van der Waals surface area contributed by atoms with Gasteiger partial charge in [-0.05, 0) is 24.6 Å². The molecule has 0 aliphatic carbocycles. The quantitative estimate of drug-likeness (QED) is 0.831. The molecule has 22 heavy (non-hydrogen) atoms. The van der Waals surface area contributed by atoms with Gasteiger partial charge in [-0.1, -0.05) is 48.9 Å². The number of aliphatic hydroxyl groups excluding tert-OH is 1. The number of nitrogens with zero attached hydrogens (tertiary/aromatic N) is 1. The van der Waals surface area contributed by atoms with Gasteiger partial charge in [-0.3, -0.25) is 9.78 Å². The lowest BCUT2D eigenvalue weighted by molar-refractivity contribution is 0.0564. The molecule has 0 aliphatic rings. The molecule has 0 bridgehead atoms. The Kier molecular flexibility index (Phi) is 4.96. The summed E-state index contributed by atoms with van der Waals surface area (Å²) in [5.74, 6) is -0.902. The summed E-state index contributed by atoms with van der Waals surface area (Å²) >= 11 is 6.03. The van der Waals surface area contributed by atoms with E-state index in [0.717, 1.165) is 0 Å². The third-order valence-electron chi connectivity index (χ3n) is 4.02. The lowest BCUT2D eigenvalue weighted by Gasteiger charge is -2.33. The molecule has 0 saturated heterocycles. The molecule has 1 aromatic heterocycles. The van der Waals surface area contributed by atoms with Crippen LogP contribution >= 0.6 is 11.6 Å². The first kappa shape index (κ1) is 16.6. The minimum absolute atomic E-state index is 0.126. The second kappa shape index (κ2) is 6.57. The molecule has 1 aromatic carbocycles. The second-order valence-electron chi connectivity index (χ2n) is 5.59. The Morgan fingerprint density at radius 1 is 1.27 bits per heavy atom. The van der Waals surface area contributed by atoms with Crippen molar-refractivity contribution in [3.63, 3.8) is 0 Å². The van der Waals surface area contributed by atoms with Gasteiger partial charge in [-0.25, -0.2) is 0 Å². The third-order valence-corrected chi connectivity index (χ3v) is 4.33. The zero-order valence-corrected chi connectivity index (χ0v) is 13.3. The highest BCUT2D eigenvalue weighted by atomic mass is 35.5.